The van der Waals surface area contributed by atoms with Crippen LogP contribution in [-0.4, -0.2) is 31.3 Å². The van der Waals surface area contributed by atoms with Crippen LogP contribution < -0.4 is 0 Å². The summed E-state index contributed by atoms with van der Waals surface area (Å²) in [4.78, 5) is 12.2. The van der Waals surface area contributed by atoms with Crippen molar-refractivity contribution in [2.45, 2.75) is 6.42 Å². The first-order valence-corrected chi connectivity index (χ1v) is 5.38. The summed E-state index contributed by atoms with van der Waals surface area (Å²) in [5.41, 5.74) is 1.29. The fraction of sp³-hybridized carbons (Fsp3) is 0.364. The molecule has 0 fully saturated rings. The monoisotopic (exact) mass is 255 g/mol. The lowest BCUT2D eigenvalue weighted by molar-refractivity contribution is -0.108. The summed E-state index contributed by atoms with van der Waals surface area (Å²) in [7, 11) is 1.95. The number of aldehydes is 1. The maximum atomic E-state index is 10.2. The highest BCUT2D eigenvalue weighted by Gasteiger charge is 1.98. The van der Waals surface area contributed by atoms with E-state index in [0.29, 0.717) is 6.54 Å². The lowest BCUT2D eigenvalue weighted by Crippen LogP contribution is -2.23. The maximum Gasteiger partial charge on any atom is 0.133 e. The number of likely N-dealkylation sites (N-methyl/N-ethyl adjacent to an activating group) is 1. The van der Waals surface area contributed by atoms with Crippen molar-refractivity contribution in [2.75, 3.05) is 20.1 Å². The Bertz CT molecular complexity index is 301. The molecule has 0 spiro atoms. The van der Waals surface area contributed by atoms with E-state index in [9.17, 15) is 4.79 Å². The fourth-order valence-corrected chi connectivity index (χ4v) is 1.68. The molecule has 0 heterocycles. The zero-order valence-corrected chi connectivity index (χ0v) is 9.83. The molecular formula is C11H14BrNO. The van der Waals surface area contributed by atoms with Crippen molar-refractivity contribution >= 4 is 22.2 Å². The van der Waals surface area contributed by atoms with Crippen molar-refractivity contribution in [3.05, 3.63) is 34.3 Å². The molecule has 3 heteroatoms. The summed E-state index contributed by atoms with van der Waals surface area (Å²) in [5, 5.41) is 0. The van der Waals surface area contributed by atoms with Gasteiger partial charge in [0.1, 0.15) is 6.29 Å². The van der Waals surface area contributed by atoms with Crippen LogP contribution in [0.15, 0.2) is 28.7 Å². The summed E-state index contributed by atoms with van der Waals surface area (Å²) in [5.74, 6) is 0. The normalized spacial score (nSPS) is 10.5. The molecule has 1 aromatic carbocycles. The largest absolute Gasteiger partial charge is 0.302 e. The van der Waals surface area contributed by atoms with Gasteiger partial charge in [-0.2, -0.15) is 0 Å². The molecule has 0 aromatic heterocycles. The summed E-state index contributed by atoms with van der Waals surface area (Å²) in [6, 6.07) is 8.24. The molecule has 0 bridgehead atoms. The highest BCUT2D eigenvalue weighted by atomic mass is 79.9. The predicted octanol–water partition coefficient (Wildman–Crippen LogP) is 2.12. The van der Waals surface area contributed by atoms with Crippen LogP contribution >= 0.6 is 15.9 Å². The molecule has 0 aliphatic carbocycles. The lowest BCUT2D eigenvalue weighted by Gasteiger charge is -2.12. The average Bonchev–Trinajstić information content (AvgIpc) is 2.15. The molecule has 76 valence electrons. The Hall–Kier alpha value is -0.670. The molecule has 1 rings (SSSR count). The van der Waals surface area contributed by atoms with E-state index in [-0.39, 0.29) is 0 Å². The molecule has 2 nitrogen and oxygen atoms in total. The molecule has 0 atom stereocenters. The standard InChI is InChI=1S/C11H14BrNO/c1-13(7-8-14)6-5-10-3-2-4-11(12)9-10/h2-4,8-9H,5-7H2,1H3. The highest BCUT2D eigenvalue weighted by molar-refractivity contribution is 9.10. The number of benzene rings is 1. The number of carbonyl (C=O) groups is 1. The summed E-state index contributed by atoms with van der Waals surface area (Å²) >= 11 is 3.43. The van der Waals surface area contributed by atoms with Gasteiger partial charge in [-0.1, -0.05) is 28.1 Å². The minimum Gasteiger partial charge on any atom is -0.302 e. The molecule has 0 saturated carbocycles. The first-order valence-electron chi connectivity index (χ1n) is 4.59. The molecule has 14 heavy (non-hydrogen) atoms. The van der Waals surface area contributed by atoms with Crippen LogP contribution in [0.25, 0.3) is 0 Å². The second kappa shape index (κ2) is 5.94. The van der Waals surface area contributed by atoms with Gasteiger partial charge < -0.3 is 4.79 Å². The van der Waals surface area contributed by atoms with Crippen LogP contribution in [0.2, 0.25) is 0 Å². The third-order valence-corrected chi connectivity index (χ3v) is 2.55. The Balaban J connectivity index is 2.41. The van der Waals surface area contributed by atoms with Crippen molar-refractivity contribution in [2.24, 2.45) is 0 Å². The molecule has 0 saturated heterocycles. The Kier molecular flexibility index (Phi) is 4.84. The summed E-state index contributed by atoms with van der Waals surface area (Å²) in [6.07, 6.45) is 1.91. The quantitative estimate of drug-likeness (QED) is 0.752. The van der Waals surface area contributed by atoms with E-state index in [4.69, 9.17) is 0 Å². The highest BCUT2D eigenvalue weighted by Crippen LogP contribution is 2.12. The van der Waals surface area contributed by atoms with Crippen LogP contribution in [0.3, 0.4) is 0 Å². The smallest absolute Gasteiger partial charge is 0.133 e. The van der Waals surface area contributed by atoms with Crippen molar-refractivity contribution in [1.29, 1.82) is 0 Å². The molecule has 0 unspecified atom stereocenters. The second-order valence-electron chi connectivity index (χ2n) is 3.31. The van der Waals surface area contributed by atoms with E-state index in [1.54, 1.807) is 0 Å². The van der Waals surface area contributed by atoms with Crippen molar-refractivity contribution in [1.82, 2.24) is 4.90 Å². The first-order chi connectivity index (χ1) is 6.72. The Morgan fingerprint density at radius 1 is 1.50 bits per heavy atom. The Morgan fingerprint density at radius 2 is 2.29 bits per heavy atom. The van der Waals surface area contributed by atoms with Gasteiger partial charge in [0.15, 0.2) is 0 Å². The molecule has 0 N–H and O–H groups in total. The van der Waals surface area contributed by atoms with Gasteiger partial charge in [-0.3, -0.25) is 4.90 Å². The number of rotatable bonds is 5. The van der Waals surface area contributed by atoms with Gasteiger partial charge in [-0.15, -0.1) is 0 Å². The number of hydrogen-bond acceptors (Lipinski definition) is 2. The third kappa shape index (κ3) is 4.03. The molecule has 0 aliphatic rings. The fourth-order valence-electron chi connectivity index (χ4n) is 1.23. The molecule has 1 aromatic rings. The number of halogens is 1. The minimum atomic E-state index is 0.508. The van der Waals surface area contributed by atoms with Crippen LogP contribution in [0.5, 0.6) is 0 Å². The van der Waals surface area contributed by atoms with Crippen LogP contribution in [0, 0.1) is 0 Å². The van der Waals surface area contributed by atoms with E-state index in [2.05, 4.69) is 28.1 Å². The molecule has 0 aliphatic heterocycles. The zero-order chi connectivity index (χ0) is 10.4. The van der Waals surface area contributed by atoms with Crippen molar-refractivity contribution in [3.63, 3.8) is 0 Å². The average molecular weight is 256 g/mol. The SMILES string of the molecule is CN(CC=O)CCc1cccc(Br)c1. The van der Waals surface area contributed by atoms with Crippen molar-refractivity contribution < 1.29 is 4.79 Å². The van der Waals surface area contributed by atoms with Gasteiger partial charge in [0.05, 0.1) is 6.54 Å². The summed E-state index contributed by atoms with van der Waals surface area (Å²) < 4.78 is 1.10. The topological polar surface area (TPSA) is 20.3 Å². The van der Waals surface area contributed by atoms with E-state index < -0.39 is 0 Å². The maximum absolute atomic E-state index is 10.2. The molecule has 0 radical (unpaired) electrons. The molecular weight excluding hydrogens is 242 g/mol. The number of nitrogens with zero attached hydrogens (tertiary/aromatic N) is 1. The van der Waals surface area contributed by atoms with Gasteiger partial charge in [0.2, 0.25) is 0 Å². The summed E-state index contributed by atoms with van der Waals surface area (Å²) in [6.45, 7) is 1.42. The Morgan fingerprint density at radius 3 is 2.93 bits per heavy atom. The van der Waals surface area contributed by atoms with Crippen LogP contribution in [-0.2, 0) is 11.2 Å². The second-order valence-corrected chi connectivity index (χ2v) is 4.22. The van der Waals surface area contributed by atoms with E-state index in [1.165, 1.54) is 5.56 Å². The number of hydrogen-bond donors (Lipinski definition) is 0. The van der Waals surface area contributed by atoms with E-state index in [1.807, 2.05) is 24.1 Å². The zero-order valence-electron chi connectivity index (χ0n) is 8.24. The minimum absolute atomic E-state index is 0.508. The Labute approximate surface area is 93.0 Å². The van der Waals surface area contributed by atoms with Gasteiger partial charge in [-0.25, -0.2) is 0 Å². The van der Waals surface area contributed by atoms with E-state index >= 15 is 0 Å². The first kappa shape index (κ1) is 11.4. The van der Waals surface area contributed by atoms with Crippen molar-refractivity contribution in [3.8, 4) is 0 Å². The van der Waals surface area contributed by atoms with Crippen LogP contribution in [0.4, 0.5) is 0 Å². The predicted molar refractivity (Wildman–Crippen MR) is 61.4 cm³/mol. The van der Waals surface area contributed by atoms with E-state index in [0.717, 1.165) is 23.7 Å². The van der Waals surface area contributed by atoms with Gasteiger partial charge in [0.25, 0.3) is 0 Å². The van der Waals surface area contributed by atoms with Crippen LogP contribution in [0.1, 0.15) is 5.56 Å². The van der Waals surface area contributed by atoms with Gasteiger partial charge in [-0.05, 0) is 31.2 Å². The number of carbonyl (C=O) groups excluding carboxylic acids is 1. The molecule has 0 amide bonds. The lowest BCUT2D eigenvalue weighted by atomic mass is 10.1. The third-order valence-electron chi connectivity index (χ3n) is 2.06. The van der Waals surface area contributed by atoms with Gasteiger partial charge in [0, 0.05) is 11.0 Å². The van der Waals surface area contributed by atoms with Gasteiger partial charge >= 0.3 is 0 Å².